The predicted molar refractivity (Wildman–Crippen MR) is 56.9 cm³/mol. The number of aliphatic hydroxyl groups is 2. The van der Waals surface area contributed by atoms with Gasteiger partial charge in [0.1, 0.15) is 13.1 Å². The molecular formula is C8H24N2O2S. The summed E-state index contributed by atoms with van der Waals surface area (Å²) in [6.07, 6.45) is 0. The Morgan fingerprint density at radius 2 is 1.00 bits per heavy atom. The SMILES string of the molecule is C[NH+](C)CCO.C[NH+](C)CCO.[S-2]. The topological polar surface area (TPSA) is 49.3 Å². The number of quaternary nitrogens is 2. The van der Waals surface area contributed by atoms with Crippen molar-refractivity contribution < 1.29 is 20.0 Å². The summed E-state index contributed by atoms with van der Waals surface area (Å²) in [4.78, 5) is 2.58. The van der Waals surface area contributed by atoms with Crippen LogP contribution in [0.1, 0.15) is 0 Å². The van der Waals surface area contributed by atoms with Crippen molar-refractivity contribution in [3.8, 4) is 0 Å². The van der Waals surface area contributed by atoms with Gasteiger partial charge in [-0.25, -0.2) is 0 Å². The molecule has 0 aromatic rings. The van der Waals surface area contributed by atoms with E-state index in [0.717, 1.165) is 13.1 Å². The molecule has 5 heteroatoms. The van der Waals surface area contributed by atoms with Crippen LogP contribution < -0.4 is 9.80 Å². The zero-order valence-electron chi connectivity index (χ0n) is 9.13. The van der Waals surface area contributed by atoms with E-state index in [1.54, 1.807) is 0 Å². The smallest absolute Gasteiger partial charge is 0.100 e. The van der Waals surface area contributed by atoms with Gasteiger partial charge in [-0.15, -0.1) is 0 Å². The molecule has 13 heavy (non-hydrogen) atoms. The van der Waals surface area contributed by atoms with E-state index in [1.165, 1.54) is 9.80 Å². The molecular weight excluding hydrogens is 188 g/mol. The molecule has 0 unspecified atom stereocenters. The Kier molecular flexibility index (Phi) is 21.3. The summed E-state index contributed by atoms with van der Waals surface area (Å²) in [5, 5.41) is 16.4. The first-order valence-corrected chi connectivity index (χ1v) is 4.34. The Morgan fingerprint density at radius 1 is 0.769 bits per heavy atom. The molecule has 0 saturated carbocycles. The van der Waals surface area contributed by atoms with Crippen molar-refractivity contribution in [1.29, 1.82) is 0 Å². The third-order valence-corrected chi connectivity index (χ3v) is 1.22. The molecule has 0 saturated heterocycles. The lowest BCUT2D eigenvalue weighted by molar-refractivity contribution is -0.858. The molecule has 4 N–H and O–H groups in total. The van der Waals surface area contributed by atoms with Gasteiger partial charge >= 0.3 is 0 Å². The predicted octanol–water partition coefficient (Wildman–Crippen LogP) is -3.76. The fraction of sp³-hybridized carbons (Fsp3) is 1.00. The monoisotopic (exact) mass is 212 g/mol. The first-order valence-electron chi connectivity index (χ1n) is 4.34. The number of aliphatic hydroxyl groups excluding tert-OH is 2. The highest BCUT2D eigenvalue weighted by atomic mass is 32.1. The third-order valence-electron chi connectivity index (χ3n) is 1.22. The first kappa shape index (κ1) is 18.9. The zero-order chi connectivity index (χ0) is 9.98. The van der Waals surface area contributed by atoms with Gasteiger partial charge in [0.25, 0.3) is 0 Å². The summed E-state index contributed by atoms with van der Waals surface area (Å²) in [5.74, 6) is 0. The van der Waals surface area contributed by atoms with Crippen molar-refractivity contribution in [2.24, 2.45) is 0 Å². The van der Waals surface area contributed by atoms with Crippen LogP contribution in [0.3, 0.4) is 0 Å². The van der Waals surface area contributed by atoms with Crippen molar-refractivity contribution >= 4 is 13.5 Å². The van der Waals surface area contributed by atoms with Gasteiger partial charge in [-0.3, -0.25) is 0 Å². The fourth-order valence-electron chi connectivity index (χ4n) is 0.447. The molecule has 84 valence electrons. The number of hydrogen-bond acceptors (Lipinski definition) is 2. The van der Waals surface area contributed by atoms with Crippen LogP contribution in [0.5, 0.6) is 0 Å². The maximum Gasteiger partial charge on any atom is 0.100 e. The number of rotatable bonds is 4. The Hall–Kier alpha value is 0.190. The highest BCUT2D eigenvalue weighted by molar-refractivity contribution is 7.37. The molecule has 0 aliphatic carbocycles. The molecule has 0 amide bonds. The average Bonchev–Trinajstić information content (AvgIpc) is 1.87. The normalized spacial score (nSPS) is 9.23. The zero-order valence-corrected chi connectivity index (χ0v) is 9.95. The Morgan fingerprint density at radius 3 is 1.00 bits per heavy atom. The van der Waals surface area contributed by atoms with Crippen molar-refractivity contribution in [2.45, 2.75) is 0 Å². The number of likely N-dealkylation sites (N-methyl/N-ethyl adjacent to an activating group) is 2. The van der Waals surface area contributed by atoms with Gasteiger partial charge in [0, 0.05) is 0 Å². The summed E-state index contributed by atoms with van der Waals surface area (Å²) in [6, 6.07) is 0. The van der Waals surface area contributed by atoms with Crippen LogP contribution in [0.25, 0.3) is 0 Å². The fourth-order valence-corrected chi connectivity index (χ4v) is 0.447. The van der Waals surface area contributed by atoms with Gasteiger partial charge in [0.15, 0.2) is 0 Å². The van der Waals surface area contributed by atoms with Crippen LogP contribution in [-0.4, -0.2) is 64.7 Å². The summed E-state index contributed by atoms with van der Waals surface area (Å²) < 4.78 is 0. The van der Waals surface area contributed by atoms with Gasteiger partial charge in [0.2, 0.25) is 0 Å². The van der Waals surface area contributed by atoms with E-state index in [4.69, 9.17) is 10.2 Å². The van der Waals surface area contributed by atoms with E-state index in [2.05, 4.69) is 0 Å². The van der Waals surface area contributed by atoms with Crippen LogP contribution in [-0.2, 0) is 13.5 Å². The first-order chi connectivity index (χ1) is 5.54. The Bertz CT molecular complexity index is 72.5. The molecule has 0 aromatic carbocycles. The summed E-state index contributed by atoms with van der Waals surface area (Å²) in [7, 11) is 8.04. The lowest BCUT2D eigenvalue weighted by Crippen LogP contribution is -3.06. The molecule has 0 radical (unpaired) electrons. The Balaban J connectivity index is -0.000000143. The molecule has 0 aromatic heterocycles. The highest BCUT2D eigenvalue weighted by Gasteiger charge is 1.84. The minimum atomic E-state index is 0. The van der Waals surface area contributed by atoms with Crippen molar-refractivity contribution in [3.05, 3.63) is 0 Å². The summed E-state index contributed by atoms with van der Waals surface area (Å²) >= 11 is 0. The van der Waals surface area contributed by atoms with Crippen LogP contribution >= 0.6 is 0 Å². The second-order valence-corrected chi connectivity index (χ2v) is 3.36. The lowest BCUT2D eigenvalue weighted by Gasteiger charge is -2.00. The highest BCUT2D eigenvalue weighted by Crippen LogP contribution is 1.36. The molecule has 0 rings (SSSR count). The van der Waals surface area contributed by atoms with Gasteiger partial charge in [-0.05, 0) is 0 Å². The lowest BCUT2D eigenvalue weighted by atomic mass is 10.6. The van der Waals surface area contributed by atoms with E-state index < -0.39 is 0 Å². The standard InChI is InChI=1S/2C4H11NO.S/c2*1-5(2)3-4-6;/h2*6H,3-4H2,1-2H3;/q;;-2/p+2. The van der Waals surface area contributed by atoms with Crippen LogP contribution in [0.15, 0.2) is 0 Å². The minimum absolute atomic E-state index is 0. The molecule has 4 nitrogen and oxygen atoms in total. The molecule has 0 atom stereocenters. The van der Waals surface area contributed by atoms with Crippen molar-refractivity contribution in [2.75, 3.05) is 54.5 Å². The molecule has 0 heterocycles. The van der Waals surface area contributed by atoms with Crippen LogP contribution in [0.4, 0.5) is 0 Å². The van der Waals surface area contributed by atoms with Gasteiger partial charge in [-0.1, -0.05) is 0 Å². The van der Waals surface area contributed by atoms with Crippen molar-refractivity contribution in [1.82, 2.24) is 0 Å². The van der Waals surface area contributed by atoms with E-state index in [9.17, 15) is 0 Å². The van der Waals surface area contributed by atoms with Crippen LogP contribution in [0, 0.1) is 0 Å². The second-order valence-electron chi connectivity index (χ2n) is 3.36. The summed E-state index contributed by atoms with van der Waals surface area (Å²) in [5.41, 5.74) is 0. The van der Waals surface area contributed by atoms with E-state index in [-0.39, 0.29) is 13.5 Å². The molecule has 0 bridgehead atoms. The molecule has 0 aliphatic heterocycles. The quantitative estimate of drug-likeness (QED) is 0.387. The van der Waals surface area contributed by atoms with Gasteiger partial charge in [-0.2, -0.15) is 0 Å². The maximum absolute atomic E-state index is 8.22. The van der Waals surface area contributed by atoms with E-state index in [0.29, 0.717) is 13.2 Å². The molecule has 0 aliphatic rings. The van der Waals surface area contributed by atoms with Crippen LogP contribution in [0.2, 0.25) is 0 Å². The molecule has 0 fully saturated rings. The van der Waals surface area contributed by atoms with Gasteiger partial charge < -0.3 is 33.5 Å². The number of hydrogen-bond donors (Lipinski definition) is 4. The molecule has 0 spiro atoms. The Labute approximate surface area is 88.6 Å². The van der Waals surface area contributed by atoms with Gasteiger partial charge in [0.05, 0.1) is 41.4 Å². The largest absolute Gasteiger partial charge is 2.00 e. The van der Waals surface area contributed by atoms with E-state index in [1.807, 2.05) is 28.2 Å². The summed E-state index contributed by atoms with van der Waals surface area (Å²) in [6.45, 7) is 2.28. The number of nitrogens with one attached hydrogen (secondary N) is 2. The third kappa shape index (κ3) is 33.0. The van der Waals surface area contributed by atoms with Crippen molar-refractivity contribution in [3.63, 3.8) is 0 Å². The maximum atomic E-state index is 8.22. The minimum Gasteiger partial charge on any atom is -2.00 e. The van der Waals surface area contributed by atoms with E-state index >= 15 is 0 Å². The average molecular weight is 212 g/mol. The second kappa shape index (κ2) is 14.7.